The minimum absolute atomic E-state index is 0.130. The van der Waals surface area contributed by atoms with E-state index in [1.165, 1.54) is 0 Å². The minimum Gasteiger partial charge on any atom is -0.357 e. The molecule has 3 aromatic heterocycles. The van der Waals surface area contributed by atoms with E-state index in [2.05, 4.69) is 21.0 Å². The molecule has 0 fully saturated rings. The van der Waals surface area contributed by atoms with E-state index < -0.39 is 0 Å². The summed E-state index contributed by atoms with van der Waals surface area (Å²) in [5, 5.41) is 10.1. The molecule has 7 heteroatoms. The van der Waals surface area contributed by atoms with E-state index in [-0.39, 0.29) is 5.91 Å². The lowest BCUT2D eigenvalue weighted by Gasteiger charge is -2.18. The van der Waals surface area contributed by atoms with Gasteiger partial charge < -0.3 is 14.9 Å². The van der Waals surface area contributed by atoms with Crippen molar-refractivity contribution in [2.45, 2.75) is 13.3 Å². The van der Waals surface area contributed by atoms with Crippen LogP contribution in [-0.4, -0.2) is 38.8 Å². The summed E-state index contributed by atoms with van der Waals surface area (Å²) in [7, 11) is 0. The number of hydrogen-bond donors (Lipinski definition) is 2. The Morgan fingerprint density at radius 1 is 1.46 bits per heavy atom. The fourth-order valence-corrected chi connectivity index (χ4v) is 2.96. The average Bonchev–Trinajstić information content (AvgIpc) is 3.24. The lowest BCUT2D eigenvalue weighted by Crippen LogP contribution is -2.31. The van der Waals surface area contributed by atoms with Gasteiger partial charge in [0.05, 0.1) is 17.5 Å². The van der Waals surface area contributed by atoms with Crippen LogP contribution in [0.4, 0.5) is 0 Å². The van der Waals surface area contributed by atoms with Gasteiger partial charge in [0.1, 0.15) is 11.3 Å². The summed E-state index contributed by atoms with van der Waals surface area (Å²) in [6, 6.07) is 5.75. The lowest BCUT2D eigenvalue weighted by molar-refractivity contribution is 0.0762. The molecule has 0 aliphatic rings. The van der Waals surface area contributed by atoms with Crippen molar-refractivity contribution in [2.24, 2.45) is 0 Å². The van der Waals surface area contributed by atoms with E-state index in [4.69, 9.17) is 16.9 Å². The van der Waals surface area contributed by atoms with Gasteiger partial charge in [-0.15, -0.1) is 0 Å². The molecule has 1 amide bonds. The third-order valence-electron chi connectivity index (χ3n) is 3.90. The molecule has 3 heterocycles. The molecule has 2 N–H and O–H groups in total. The highest BCUT2D eigenvalue weighted by molar-refractivity contribution is 6.34. The van der Waals surface area contributed by atoms with Crippen LogP contribution in [0.1, 0.15) is 23.8 Å². The second-order valence-electron chi connectivity index (χ2n) is 5.32. The van der Waals surface area contributed by atoms with Crippen molar-refractivity contribution in [2.75, 3.05) is 13.1 Å². The molecule has 0 spiro atoms. The highest BCUT2D eigenvalue weighted by Crippen LogP contribution is 2.34. The third-order valence-corrected chi connectivity index (χ3v) is 4.19. The van der Waals surface area contributed by atoms with E-state index in [9.17, 15) is 4.79 Å². The number of nitriles is 1. The standard InChI is InChI=1S/C17H16ClN5O/c1-2-23(7-3-5-19)17(24)14-8-11(9-21-14)15-12-4-6-20-16(12)22-10-13(15)18/h4,6,8-10,21H,2-3,7H2,1H3,(H,20,22). The van der Waals surface area contributed by atoms with Crippen LogP contribution in [0.2, 0.25) is 5.02 Å². The van der Waals surface area contributed by atoms with Crippen LogP contribution in [-0.2, 0) is 0 Å². The summed E-state index contributed by atoms with van der Waals surface area (Å²) in [5.41, 5.74) is 2.87. The van der Waals surface area contributed by atoms with Crippen molar-refractivity contribution in [1.29, 1.82) is 5.26 Å². The minimum atomic E-state index is -0.130. The van der Waals surface area contributed by atoms with Crippen LogP contribution < -0.4 is 0 Å². The number of carbonyl (C=O) groups is 1. The molecule has 0 saturated heterocycles. The van der Waals surface area contributed by atoms with Crippen LogP contribution >= 0.6 is 11.6 Å². The molecular weight excluding hydrogens is 326 g/mol. The number of carbonyl (C=O) groups excluding carboxylic acids is 1. The SMILES string of the molecule is CCN(CCC#N)C(=O)c1cc(-c2c(Cl)cnc3[nH]ccc23)c[nH]1. The fourth-order valence-electron chi connectivity index (χ4n) is 2.70. The molecule has 0 saturated carbocycles. The van der Waals surface area contributed by atoms with E-state index in [1.807, 2.05) is 13.0 Å². The van der Waals surface area contributed by atoms with Crippen molar-refractivity contribution in [3.05, 3.63) is 41.4 Å². The molecule has 122 valence electrons. The van der Waals surface area contributed by atoms with E-state index in [0.29, 0.717) is 30.2 Å². The predicted molar refractivity (Wildman–Crippen MR) is 92.7 cm³/mol. The van der Waals surface area contributed by atoms with Crippen LogP contribution in [0.5, 0.6) is 0 Å². The smallest absolute Gasteiger partial charge is 0.270 e. The predicted octanol–water partition coefficient (Wildman–Crippen LogP) is 3.59. The molecule has 0 bridgehead atoms. The molecule has 0 aromatic carbocycles. The van der Waals surface area contributed by atoms with Gasteiger partial charge in [-0.25, -0.2) is 4.98 Å². The van der Waals surface area contributed by atoms with E-state index >= 15 is 0 Å². The third kappa shape index (κ3) is 2.86. The van der Waals surface area contributed by atoms with Crippen LogP contribution in [0.3, 0.4) is 0 Å². The summed E-state index contributed by atoms with van der Waals surface area (Å²) < 4.78 is 0. The van der Waals surface area contributed by atoms with Gasteiger partial charge in [0.2, 0.25) is 0 Å². The van der Waals surface area contributed by atoms with Crippen LogP contribution in [0, 0.1) is 11.3 Å². The number of hydrogen-bond acceptors (Lipinski definition) is 3. The topological polar surface area (TPSA) is 88.6 Å². The van der Waals surface area contributed by atoms with Crippen LogP contribution in [0.25, 0.3) is 22.2 Å². The number of aromatic amines is 2. The van der Waals surface area contributed by atoms with Gasteiger partial charge in [-0.3, -0.25) is 4.79 Å². The number of aromatic nitrogens is 3. The Bertz CT molecular complexity index is 921. The zero-order chi connectivity index (χ0) is 17.1. The summed E-state index contributed by atoms with van der Waals surface area (Å²) in [4.78, 5) is 24.5. The monoisotopic (exact) mass is 341 g/mol. The number of nitrogens with zero attached hydrogens (tertiary/aromatic N) is 3. The van der Waals surface area contributed by atoms with Gasteiger partial charge >= 0.3 is 0 Å². The maximum absolute atomic E-state index is 12.6. The van der Waals surface area contributed by atoms with Gasteiger partial charge in [-0.1, -0.05) is 11.6 Å². The van der Waals surface area contributed by atoms with Gasteiger partial charge in [0.25, 0.3) is 5.91 Å². The second-order valence-corrected chi connectivity index (χ2v) is 5.72. The van der Waals surface area contributed by atoms with E-state index in [0.717, 1.165) is 22.2 Å². The average molecular weight is 342 g/mol. The molecular formula is C17H16ClN5O. The molecule has 0 atom stereocenters. The first kappa shape index (κ1) is 16.1. The first-order valence-corrected chi connectivity index (χ1v) is 8.00. The molecule has 3 rings (SSSR count). The van der Waals surface area contributed by atoms with Crippen molar-refractivity contribution in [3.63, 3.8) is 0 Å². The summed E-state index contributed by atoms with van der Waals surface area (Å²) in [5.74, 6) is -0.130. The zero-order valence-electron chi connectivity index (χ0n) is 13.1. The maximum atomic E-state index is 12.6. The van der Waals surface area contributed by atoms with Crippen LogP contribution in [0.15, 0.2) is 30.7 Å². The molecule has 3 aromatic rings. The summed E-state index contributed by atoms with van der Waals surface area (Å²) >= 11 is 6.32. The second kappa shape index (κ2) is 6.77. The Balaban J connectivity index is 1.95. The number of fused-ring (bicyclic) bond motifs is 1. The van der Waals surface area contributed by atoms with Crippen molar-refractivity contribution >= 4 is 28.5 Å². The zero-order valence-corrected chi connectivity index (χ0v) is 13.9. The number of pyridine rings is 1. The van der Waals surface area contributed by atoms with Gasteiger partial charge in [0.15, 0.2) is 0 Å². The number of amides is 1. The Hall–Kier alpha value is -2.78. The highest BCUT2D eigenvalue weighted by atomic mass is 35.5. The molecule has 0 aliphatic carbocycles. The summed E-state index contributed by atoms with van der Waals surface area (Å²) in [6.45, 7) is 2.85. The Morgan fingerprint density at radius 3 is 3.04 bits per heavy atom. The first-order valence-electron chi connectivity index (χ1n) is 7.62. The van der Waals surface area contributed by atoms with Crippen molar-refractivity contribution < 1.29 is 4.79 Å². The molecule has 0 aliphatic heterocycles. The number of H-pyrrole nitrogens is 2. The number of halogens is 1. The molecule has 24 heavy (non-hydrogen) atoms. The van der Waals surface area contributed by atoms with Crippen molar-refractivity contribution in [1.82, 2.24) is 19.9 Å². The fraction of sp³-hybridized carbons (Fsp3) is 0.235. The maximum Gasteiger partial charge on any atom is 0.270 e. The van der Waals surface area contributed by atoms with Gasteiger partial charge in [-0.05, 0) is 19.1 Å². The molecule has 6 nitrogen and oxygen atoms in total. The largest absolute Gasteiger partial charge is 0.357 e. The normalized spacial score (nSPS) is 10.7. The quantitative estimate of drug-likeness (QED) is 0.743. The van der Waals surface area contributed by atoms with Gasteiger partial charge in [-0.2, -0.15) is 5.26 Å². The molecule has 0 radical (unpaired) electrons. The first-order chi connectivity index (χ1) is 11.7. The Morgan fingerprint density at radius 2 is 2.29 bits per heavy atom. The number of rotatable bonds is 5. The Kier molecular flexibility index (Phi) is 4.54. The number of nitrogens with one attached hydrogen (secondary N) is 2. The van der Waals surface area contributed by atoms with Gasteiger partial charge in [0, 0.05) is 48.2 Å². The summed E-state index contributed by atoms with van der Waals surface area (Å²) in [6.07, 6.45) is 5.47. The van der Waals surface area contributed by atoms with Crippen molar-refractivity contribution in [3.8, 4) is 17.2 Å². The van der Waals surface area contributed by atoms with E-state index in [1.54, 1.807) is 29.6 Å². The molecule has 0 unspecified atom stereocenters. The highest BCUT2D eigenvalue weighted by Gasteiger charge is 2.18. The lowest BCUT2D eigenvalue weighted by atomic mass is 10.1. The Labute approximate surface area is 144 Å².